The summed E-state index contributed by atoms with van der Waals surface area (Å²) in [7, 11) is 3.06. The molecule has 0 aliphatic heterocycles. The summed E-state index contributed by atoms with van der Waals surface area (Å²) in [4.78, 5) is 15.5. The second kappa shape index (κ2) is 4.30. The molecule has 0 radical (unpaired) electrons. The van der Waals surface area contributed by atoms with Crippen LogP contribution in [0.4, 0.5) is 0 Å². The van der Waals surface area contributed by atoms with Gasteiger partial charge in [-0.25, -0.2) is 4.79 Å². The zero-order valence-electron chi connectivity index (χ0n) is 11.4. The summed E-state index contributed by atoms with van der Waals surface area (Å²) < 4.78 is 10.3. The average Bonchev–Trinajstić information content (AvgIpc) is 3.19. The van der Waals surface area contributed by atoms with Gasteiger partial charge < -0.3 is 14.5 Å². The van der Waals surface area contributed by atoms with Crippen molar-refractivity contribution in [3.05, 3.63) is 29.0 Å². The van der Waals surface area contributed by atoms with E-state index in [1.165, 1.54) is 7.11 Å². The Bertz CT molecular complexity index is 653. The molecule has 1 aromatic carbocycles. The summed E-state index contributed by atoms with van der Waals surface area (Å²) in [5.41, 5.74) is 3.64. The standard InChI is InChI=1S/C15H17NO3/c1-8-11(18-2)7-6-10-12(8)13(15(17)19-3)14(16-10)9-4-5-9/h6-7,9,16H,4-5H2,1-3H3. The zero-order chi connectivity index (χ0) is 13.6. The number of hydrogen-bond donors (Lipinski definition) is 1. The van der Waals surface area contributed by atoms with Crippen molar-refractivity contribution in [2.45, 2.75) is 25.7 Å². The molecule has 1 aromatic heterocycles. The lowest BCUT2D eigenvalue weighted by Crippen LogP contribution is -2.04. The number of aromatic nitrogens is 1. The Morgan fingerprint density at radius 2 is 2.05 bits per heavy atom. The number of hydrogen-bond acceptors (Lipinski definition) is 3. The van der Waals surface area contributed by atoms with Crippen molar-refractivity contribution < 1.29 is 14.3 Å². The van der Waals surface area contributed by atoms with Crippen molar-refractivity contribution in [3.8, 4) is 5.75 Å². The zero-order valence-corrected chi connectivity index (χ0v) is 11.4. The predicted octanol–water partition coefficient (Wildman–Crippen LogP) is 3.15. The number of nitrogens with one attached hydrogen (secondary N) is 1. The Morgan fingerprint density at radius 3 is 2.63 bits per heavy atom. The molecule has 0 bridgehead atoms. The van der Waals surface area contributed by atoms with Gasteiger partial charge in [-0.2, -0.15) is 0 Å². The maximum absolute atomic E-state index is 12.1. The summed E-state index contributed by atoms with van der Waals surface area (Å²) in [5.74, 6) is 0.982. The summed E-state index contributed by atoms with van der Waals surface area (Å²) >= 11 is 0. The third-order valence-corrected chi connectivity index (χ3v) is 3.80. The molecule has 2 aromatic rings. The van der Waals surface area contributed by atoms with Crippen LogP contribution in [0.25, 0.3) is 10.9 Å². The number of carbonyl (C=O) groups is 1. The largest absolute Gasteiger partial charge is 0.496 e. The lowest BCUT2D eigenvalue weighted by molar-refractivity contribution is 0.0601. The highest BCUT2D eigenvalue weighted by Gasteiger charge is 2.32. The van der Waals surface area contributed by atoms with Gasteiger partial charge in [0.15, 0.2) is 0 Å². The molecule has 1 aliphatic carbocycles. The van der Waals surface area contributed by atoms with E-state index < -0.39 is 0 Å². The monoisotopic (exact) mass is 259 g/mol. The smallest absolute Gasteiger partial charge is 0.340 e. The van der Waals surface area contributed by atoms with E-state index in [1.54, 1.807) is 7.11 Å². The van der Waals surface area contributed by atoms with Crippen molar-refractivity contribution in [3.63, 3.8) is 0 Å². The first-order valence-electron chi connectivity index (χ1n) is 6.44. The molecule has 1 aliphatic rings. The van der Waals surface area contributed by atoms with Crippen LogP contribution in [0.1, 0.15) is 40.4 Å². The number of esters is 1. The fourth-order valence-corrected chi connectivity index (χ4v) is 2.67. The van der Waals surface area contributed by atoms with Crippen molar-refractivity contribution in [1.29, 1.82) is 0 Å². The van der Waals surface area contributed by atoms with Crippen molar-refractivity contribution >= 4 is 16.9 Å². The normalized spacial score (nSPS) is 14.7. The van der Waals surface area contributed by atoms with Gasteiger partial charge in [-0.05, 0) is 37.8 Å². The molecule has 4 heteroatoms. The third-order valence-electron chi connectivity index (χ3n) is 3.80. The van der Waals surface area contributed by atoms with E-state index in [4.69, 9.17) is 9.47 Å². The lowest BCUT2D eigenvalue weighted by atomic mass is 10.0. The second-order valence-corrected chi connectivity index (χ2v) is 4.99. The van der Waals surface area contributed by atoms with Gasteiger partial charge in [-0.1, -0.05) is 0 Å². The van der Waals surface area contributed by atoms with Gasteiger partial charge in [0.1, 0.15) is 5.75 Å². The summed E-state index contributed by atoms with van der Waals surface area (Å²) in [5, 5.41) is 0.924. The Labute approximate surface area is 111 Å². The molecule has 0 saturated heterocycles. The van der Waals surface area contributed by atoms with Gasteiger partial charge in [-0.15, -0.1) is 0 Å². The van der Waals surface area contributed by atoms with Gasteiger partial charge in [0.05, 0.1) is 19.8 Å². The minimum Gasteiger partial charge on any atom is -0.496 e. The first-order chi connectivity index (χ1) is 9.17. The van der Waals surface area contributed by atoms with E-state index >= 15 is 0 Å². The van der Waals surface area contributed by atoms with Crippen LogP contribution in [0.3, 0.4) is 0 Å². The first kappa shape index (κ1) is 12.1. The number of carbonyl (C=O) groups excluding carboxylic acids is 1. The molecule has 19 heavy (non-hydrogen) atoms. The molecule has 1 N–H and O–H groups in total. The van der Waals surface area contributed by atoms with Gasteiger partial charge in [0.25, 0.3) is 0 Å². The Morgan fingerprint density at radius 1 is 1.32 bits per heavy atom. The number of benzene rings is 1. The number of ether oxygens (including phenoxy) is 2. The maximum atomic E-state index is 12.1. The molecule has 1 fully saturated rings. The van der Waals surface area contributed by atoms with Crippen LogP contribution < -0.4 is 4.74 Å². The second-order valence-electron chi connectivity index (χ2n) is 4.99. The lowest BCUT2D eigenvalue weighted by Gasteiger charge is -2.07. The summed E-state index contributed by atoms with van der Waals surface area (Å²) in [6, 6.07) is 3.88. The molecule has 4 nitrogen and oxygen atoms in total. The maximum Gasteiger partial charge on any atom is 0.340 e. The SMILES string of the molecule is COC(=O)c1c(C2CC2)[nH]c2ccc(OC)c(C)c12. The predicted molar refractivity (Wildman–Crippen MR) is 72.9 cm³/mol. The third kappa shape index (κ3) is 1.79. The van der Waals surface area contributed by atoms with Crippen LogP contribution >= 0.6 is 0 Å². The molecular formula is C15H17NO3. The molecule has 0 amide bonds. The van der Waals surface area contributed by atoms with Crippen molar-refractivity contribution in [1.82, 2.24) is 4.98 Å². The molecule has 1 saturated carbocycles. The van der Waals surface area contributed by atoms with Crippen LogP contribution in [0.2, 0.25) is 0 Å². The van der Waals surface area contributed by atoms with E-state index in [2.05, 4.69) is 4.98 Å². The fourth-order valence-electron chi connectivity index (χ4n) is 2.67. The van der Waals surface area contributed by atoms with Crippen molar-refractivity contribution in [2.24, 2.45) is 0 Å². The number of fused-ring (bicyclic) bond motifs is 1. The number of aromatic amines is 1. The number of methoxy groups -OCH3 is 2. The quantitative estimate of drug-likeness (QED) is 0.861. The summed E-state index contributed by atoms with van der Waals surface area (Å²) in [6.45, 7) is 1.97. The van der Waals surface area contributed by atoms with Gasteiger partial charge >= 0.3 is 5.97 Å². The summed E-state index contributed by atoms with van der Waals surface area (Å²) in [6.07, 6.45) is 2.26. The van der Waals surface area contributed by atoms with E-state index in [9.17, 15) is 4.79 Å². The molecule has 3 rings (SSSR count). The van der Waals surface area contributed by atoms with E-state index in [0.717, 1.165) is 40.8 Å². The molecular weight excluding hydrogens is 242 g/mol. The van der Waals surface area contributed by atoms with E-state index in [0.29, 0.717) is 11.5 Å². The highest BCUT2D eigenvalue weighted by atomic mass is 16.5. The minimum atomic E-state index is -0.274. The van der Waals surface area contributed by atoms with Crippen LogP contribution in [-0.2, 0) is 4.74 Å². The van der Waals surface area contributed by atoms with E-state index in [1.807, 2.05) is 19.1 Å². The molecule has 100 valence electrons. The molecule has 0 atom stereocenters. The number of H-pyrrole nitrogens is 1. The molecule has 0 unspecified atom stereocenters. The number of rotatable bonds is 3. The van der Waals surface area contributed by atoms with Gasteiger partial charge in [-0.3, -0.25) is 0 Å². The van der Waals surface area contributed by atoms with E-state index in [-0.39, 0.29) is 5.97 Å². The molecule has 0 spiro atoms. The van der Waals surface area contributed by atoms with Crippen molar-refractivity contribution in [2.75, 3.05) is 14.2 Å². The molecule has 1 heterocycles. The Hall–Kier alpha value is -1.97. The average molecular weight is 259 g/mol. The van der Waals surface area contributed by atoms with Gasteiger partial charge in [0, 0.05) is 22.2 Å². The highest BCUT2D eigenvalue weighted by Crippen LogP contribution is 2.44. The fraction of sp³-hybridized carbons (Fsp3) is 0.400. The van der Waals surface area contributed by atoms with Crippen LogP contribution in [-0.4, -0.2) is 25.2 Å². The Kier molecular flexibility index (Phi) is 2.73. The van der Waals surface area contributed by atoms with Crippen LogP contribution in [0, 0.1) is 6.92 Å². The Balaban J connectivity index is 2.32. The number of aryl methyl sites for hydroxylation is 1. The topological polar surface area (TPSA) is 51.3 Å². The highest BCUT2D eigenvalue weighted by molar-refractivity contribution is 6.07. The first-order valence-corrected chi connectivity index (χ1v) is 6.44. The van der Waals surface area contributed by atoms with Crippen LogP contribution in [0.15, 0.2) is 12.1 Å². The van der Waals surface area contributed by atoms with Crippen LogP contribution in [0.5, 0.6) is 5.75 Å². The van der Waals surface area contributed by atoms with Gasteiger partial charge in [0.2, 0.25) is 0 Å². The minimum absolute atomic E-state index is 0.274.